The third-order valence-electron chi connectivity index (χ3n) is 4.35. The van der Waals surface area contributed by atoms with Gasteiger partial charge < -0.3 is 14.8 Å². The molecule has 20 heavy (non-hydrogen) atoms. The fourth-order valence-electron chi connectivity index (χ4n) is 3.03. The van der Waals surface area contributed by atoms with Gasteiger partial charge in [-0.05, 0) is 18.9 Å². The molecule has 4 heteroatoms. The Morgan fingerprint density at radius 1 is 1.30 bits per heavy atom. The van der Waals surface area contributed by atoms with E-state index in [0.717, 1.165) is 36.7 Å². The summed E-state index contributed by atoms with van der Waals surface area (Å²) in [4.78, 5) is 12.3. The molecule has 3 rings (SSSR count). The van der Waals surface area contributed by atoms with E-state index in [0.29, 0.717) is 12.1 Å². The summed E-state index contributed by atoms with van der Waals surface area (Å²) < 4.78 is 5.38. The summed E-state index contributed by atoms with van der Waals surface area (Å²) in [6.45, 7) is 0.668. The monoisotopic (exact) mass is 273 g/mol. The fourth-order valence-corrected chi connectivity index (χ4v) is 3.03. The van der Waals surface area contributed by atoms with E-state index in [2.05, 4.69) is 5.32 Å². The van der Waals surface area contributed by atoms with E-state index in [1.165, 1.54) is 6.26 Å². The maximum absolute atomic E-state index is 12.3. The molecule has 0 spiro atoms. The summed E-state index contributed by atoms with van der Waals surface area (Å²) in [5.41, 5.74) is 1.15. The quantitative estimate of drug-likeness (QED) is 0.900. The molecule has 1 aliphatic carbocycles. The Balaban J connectivity index is 1.73. The highest BCUT2D eigenvalue weighted by Crippen LogP contribution is 2.37. The smallest absolute Gasteiger partial charge is 0.255 e. The summed E-state index contributed by atoms with van der Waals surface area (Å²) in [5.74, 6) is -0.130. The average Bonchev–Trinajstić information content (AvgIpc) is 3.12. The zero-order chi connectivity index (χ0) is 14.0. The van der Waals surface area contributed by atoms with E-state index in [1.54, 1.807) is 0 Å². The van der Waals surface area contributed by atoms with Crippen LogP contribution in [0.15, 0.2) is 34.9 Å². The number of aliphatic hydroxyl groups excluding tert-OH is 1. The molecule has 0 atom stereocenters. The summed E-state index contributed by atoms with van der Waals surface area (Å²) in [5, 5.41) is 13.3. The standard InChI is InChI=1S/C16H19NO3/c18-11-16(7-3-4-8-16)10-17-15(19)13-9-20-14-6-2-1-5-12(13)14/h1-2,5-6,9,18H,3-4,7-8,10-11H2,(H,17,19). The molecular formula is C16H19NO3. The Kier molecular flexibility index (Phi) is 3.49. The van der Waals surface area contributed by atoms with Crippen molar-refractivity contribution in [2.24, 2.45) is 5.41 Å². The number of amides is 1. The van der Waals surface area contributed by atoms with Gasteiger partial charge in [0.2, 0.25) is 0 Å². The van der Waals surface area contributed by atoms with E-state index in [1.807, 2.05) is 24.3 Å². The summed E-state index contributed by atoms with van der Waals surface area (Å²) in [6.07, 6.45) is 5.72. The van der Waals surface area contributed by atoms with Crippen LogP contribution in [0.1, 0.15) is 36.0 Å². The molecule has 2 aromatic rings. The molecule has 106 valence electrons. The summed E-state index contributed by atoms with van der Waals surface area (Å²) in [6, 6.07) is 7.50. The predicted octanol–water partition coefficient (Wildman–Crippen LogP) is 2.72. The zero-order valence-electron chi connectivity index (χ0n) is 11.4. The van der Waals surface area contributed by atoms with Crippen LogP contribution in [0.25, 0.3) is 11.0 Å². The van der Waals surface area contributed by atoms with Gasteiger partial charge in [0.05, 0.1) is 12.2 Å². The van der Waals surface area contributed by atoms with E-state index >= 15 is 0 Å². The number of furan rings is 1. The van der Waals surface area contributed by atoms with Crippen LogP contribution in [0.2, 0.25) is 0 Å². The Morgan fingerprint density at radius 3 is 2.80 bits per heavy atom. The van der Waals surface area contributed by atoms with Gasteiger partial charge >= 0.3 is 0 Å². The molecule has 0 bridgehead atoms. The molecule has 1 aliphatic rings. The van der Waals surface area contributed by atoms with Crippen molar-refractivity contribution in [3.63, 3.8) is 0 Å². The van der Waals surface area contributed by atoms with Gasteiger partial charge in [-0.2, -0.15) is 0 Å². The molecule has 0 saturated heterocycles. The molecule has 1 fully saturated rings. The SMILES string of the molecule is O=C(NCC1(CO)CCCC1)c1coc2ccccc12. The Labute approximate surface area is 117 Å². The molecule has 2 N–H and O–H groups in total. The van der Waals surface area contributed by atoms with Gasteiger partial charge in [-0.25, -0.2) is 0 Å². The number of nitrogens with one attached hydrogen (secondary N) is 1. The molecule has 0 radical (unpaired) electrons. The largest absolute Gasteiger partial charge is 0.463 e. The third-order valence-corrected chi connectivity index (χ3v) is 4.35. The first kappa shape index (κ1) is 13.2. The number of carbonyl (C=O) groups is 1. The van der Waals surface area contributed by atoms with Gasteiger partial charge in [0.25, 0.3) is 5.91 Å². The Bertz CT molecular complexity index is 611. The second-order valence-corrected chi connectivity index (χ2v) is 5.69. The topological polar surface area (TPSA) is 62.5 Å². The molecule has 0 aliphatic heterocycles. The van der Waals surface area contributed by atoms with Crippen LogP contribution in [-0.2, 0) is 0 Å². The lowest BCUT2D eigenvalue weighted by atomic mass is 9.87. The maximum Gasteiger partial charge on any atom is 0.255 e. The number of fused-ring (bicyclic) bond motifs is 1. The van der Waals surface area contributed by atoms with Gasteiger partial charge in [0.15, 0.2) is 0 Å². The first-order chi connectivity index (χ1) is 9.74. The lowest BCUT2D eigenvalue weighted by Gasteiger charge is -2.26. The summed E-state index contributed by atoms with van der Waals surface area (Å²) >= 11 is 0. The van der Waals surface area contributed by atoms with E-state index < -0.39 is 0 Å². The summed E-state index contributed by atoms with van der Waals surface area (Å²) in [7, 11) is 0. The lowest BCUT2D eigenvalue weighted by Crippen LogP contribution is -2.38. The van der Waals surface area contributed by atoms with E-state index in [4.69, 9.17) is 4.42 Å². The van der Waals surface area contributed by atoms with Gasteiger partial charge in [-0.1, -0.05) is 31.0 Å². The van der Waals surface area contributed by atoms with Gasteiger partial charge in [0.1, 0.15) is 11.8 Å². The average molecular weight is 273 g/mol. The number of carbonyl (C=O) groups excluding carboxylic acids is 1. The molecule has 4 nitrogen and oxygen atoms in total. The first-order valence-electron chi connectivity index (χ1n) is 7.09. The zero-order valence-corrected chi connectivity index (χ0v) is 11.4. The third kappa shape index (κ3) is 2.31. The van der Waals surface area contributed by atoms with E-state index in [-0.39, 0.29) is 17.9 Å². The van der Waals surface area contributed by atoms with Crippen molar-refractivity contribution in [3.05, 3.63) is 36.1 Å². The Morgan fingerprint density at radius 2 is 2.05 bits per heavy atom. The van der Waals surface area contributed by atoms with Crippen LogP contribution in [0, 0.1) is 5.41 Å². The fraction of sp³-hybridized carbons (Fsp3) is 0.438. The molecule has 1 heterocycles. The number of rotatable bonds is 4. The highest BCUT2D eigenvalue weighted by Gasteiger charge is 2.33. The van der Waals surface area contributed by atoms with Crippen LogP contribution in [0.5, 0.6) is 0 Å². The van der Waals surface area contributed by atoms with Crippen molar-refractivity contribution in [3.8, 4) is 0 Å². The van der Waals surface area contributed by atoms with Crippen molar-refractivity contribution >= 4 is 16.9 Å². The molecular weight excluding hydrogens is 254 g/mol. The van der Waals surface area contributed by atoms with Crippen LogP contribution >= 0.6 is 0 Å². The van der Waals surface area contributed by atoms with Crippen LogP contribution in [0.4, 0.5) is 0 Å². The molecule has 1 saturated carbocycles. The van der Waals surface area contributed by atoms with Crippen LogP contribution in [-0.4, -0.2) is 24.2 Å². The second kappa shape index (κ2) is 5.29. The van der Waals surface area contributed by atoms with Gasteiger partial charge in [-0.3, -0.25) is 4.79 Å². The number of aliphatic hydroxyl groups is 1. The molecule has 0 unspecified atom stereocenters. The van der Waals surface area contributed by atoms with Crippen molar-refractivity contribution in [1.29, 1.82) is 0 Å². The first-order valence-corrected chi connectivity index (χ1v) is 7.09. The van der Waals surface area contributed by atoms with Crippen molar-refractivity contribution in [2.75, 3.05) is 13.2 Å². The highest BCUT2D eigenvalue weighted by atomic mass is 16.3. The molecule has 1 aromatic carbocycles. The van der Waals surface area contributed by atoms with Crippen LogP contribution in [0.3, 0.4) is 0 Å². The highest BCUT2D eigenvalue weighted by molar-refractivity contribution is 6.05. The van der Waals surface area contributed by atoms with Gasteiger partial charge in [-0.15, -0.1) is 0 Å². The normalized spacial score (nSPS) is 17.4. The minimum absolute atomic E-state index is 0.130. The van der Waals surface area contributed by atoms with Crippen LogP contribution < -0.4 is 5.32 Å². The minimum atomic E-state index is -0.130. The molecule has 1 aromatic heterocycles. The van der Waals surface area contributed by atoms with Crippen molar-refractivity contribution < 1.29 is 14.3 Å². The number of hydrogen-bond acceptors (Lipinski definition) is 3. The minimum Gasteiger partial charge on any atom is -0.463 e. The van der Waals surface area contributed by atoms with Crippen molar-refractivity contribution in [2.45, 2.75) is 25.7 Å². The second-order valence-electron chi connectivity index (χ2n) is 5.69. The van der Waals surface area contributed by atoms with Crippen molar-refractivity contribution in [1.82, 2.24) is 5.32 Å². The predicted molar refractivity (Wildman–Crippen MR) is 76.5 cm³/mol. The number of para-hydroxylation sites is 1. The lowest BCUT2D eigenvalue weighted by molar-refractivity contribution is 0.0881. The number of benzene rings is 1. The Hall–Kier alpha value is -1.81. The number of hydrogen-bond donors (Lipinski definition) is 2. The molecule has 1 amide bonds. The maximum atomic E-state index is 12.3. The van der Waals surface area contributed by atoms with Gasteiger partial charge in [0, 0.05) is 17.3 Å². The van der Waals surface area contributed by atoms with E-state index in [9.17, 15) is 9.90 Å².